The summed E-state index contributed by atoms with van der Waals surface area (Å²) in [4.78, 5) is 27.5. The first-order valence-electron chi connectivity index (χ1n) is 7.93. The van der Waals surface area contributed by atoms with Crippen molar-refractivity contribution in [3.05, 3.63) is 27.1 Å². The summed E-state index contributed by atoms with van der Waals surface area (Å²) in [6.45, 7) is 8.62. The molecule has 1 aliphatic heterocycles. The van der Waals surface area contributed by atoms with E-state index in [1.807, 2.05) is 31.7 Å². The molecule has 1 amide bonds. The first-order valence-corrected chi connectivity index (χ1v) is 8.72. The second kappa shape index (κ2) is 7.57. The van der Waals surface area contributed by atoms with Crippen molar-refractivity contribution in [1.82, 2.24) is 9.47 Å². The Morgan fingerprint density at radius 3 is 2.54 bits per heavy atom. The maximum Gasteiger partial charge on any atom is 0.407 e. The number of aromatic nitrogens is 1. The lowest BCUT2D eigenvalue weighted by Gasteiger charge is -2.33. The predicted octanol–water partition coefficient (Wildman–Crippen LogP) is 2.23. The Labute approximate surface area is 149 Å². The van der Waals surface area contributed by atoms with Crippen LogP contribution in [0.3, 0.4) is 0 Å². The van der Waals surface area contributed by atoms with Crippen LogP contribution in [0.5, 0.6) is 0 Å². The summed E-state index contributed by atoms with van der Waals surface area (Å²) in [7, 11) is 0. The highest BCUT2D eigenvalue weighted by atomic mass is 79.9. The summed E-state index contributed by atoms with van der Waals surface area (Å²) < 4.78 is 7.69. The number of halogens is 1. The van der Waals surface area contributed by atoms with Crippen molar-refractivity contribution in [2.75, 3.05) is 37.7 Å². The van der Waals surface area contributed by atoms with Crippen molar-refractivity contribution >= 4 is 27.7 Å². The first-order chi connectivity index (χ1) is 11.2. The minimum atomic E-state index is -0.987. The zero-order valence-electron chi connectivity index (χ0n) is 14.3. The number of rotatable bonds is 4. The van der Waals surface area contributed by atoms with E-state index in [-0.39, 0.29) is 12.1 Å². The zero-order chi connectivity index (χ0) is 17.9. The average Bonchev–Trinajstić information content (AvgIpc) is 2.49. The average molecular weight is 402 g/mol. The summed E-state index contributed by atoms with van der Waals surface area (Å²) in [5.41, 5.74) is -0.0150. The van der Waals surface area contributed by atoms with Gasteiger partial charge in [-0.1, -0.05) is 0 Å². The molecular weight excluding hydrogens is 378 g/mol. The van der Waals surface area contributed by atoms with Crippen LogP contribution in [0.15, 0.2) is 21.5 Å². The summed E-state index contributed by atoms with van der Waals surface area (Å²) in [5, 5.41) is 9.38. The van der Waals surface area contributed by atoms with E-state index in [2.05, 4.69) is 15.9 Å². The van der Waals surface area contributed by atoms with E-state index in [0.29, 0.717) is 38.5 Å². The fourth-order valence-corrected chi connectivity index (χ4v) is 3.17. The standard InChI is InChI=1S/C16H24BrN3O4/c1-16(2,3)20(15(22)23)5-4-19-11-12(17)10-13(14(19)21)18-6-8-24-9-7-18/h10-11H,4-9H2,1-3H3,(H,22,23). The van der Waals surface area contributed by atoms with E-state index < -0.39 is 11.6 Å². The van der Waals surface area contributed by atoms with Crippen molar-refractivity contribution in [3.63, 3.8) is 0 Å². The van der Waals surface area contributed by atoms with E-state index in [1.165, 1.54) is 4.90 Å². The molecule has 1 saturated heterocycles. The van der Waals surface area contributed by atoms with Gasteiger partial charge < -0.3 is 24.2 Å². The molecule has 0 spiro atoms. The third-order valence-electron chi connectivity index (χ3n) is 3.99. The number of hydrogen-bond acceptors (Lipinski definition) is 4. The lowest BCUT2D eigenvalue weighted by Crippen LogP contribution is -2.47. The SMILES string of the molecule is CC(C)(C)N(CCn1cc(Br)cc(N2CCOCC2)c1=O)C(=O)O. The molecule has 8 heteroatoms. The summed E-state index contributed by atoms with van der Waals surface area (Å²) in [6.07, 6.45) is 0.716. The van der Waals surface area contributed by atoms with Crippen molar-refractivity contribution < 1.29 is 14.6 Å². The molecule has 0 bridgehead atoms. The lowest BCUT2D eigenvalue weighted by molar-refractivity contribution is 0.0976. The largest absolute Gasteiger partial charge is 0.465 e. The summed E-state index contributed by atoms with van der Waals surface area (Å²) in [6, 6.07) is 1.81. The minimum absolute atomic E-state index is 0.112. The lowest BCUT2D eigenvalue weighted by atomic mass is 10.1. The number of hydrogen-bond donors (Lipinski definition) is 1. The molecule has 0 unspecified atom stereocenters. The van der Waals surface area contributed by atoms with Crippen LogP contribution in [0.25, 0.3) is 0 Å². The molecule has 1 N–H and O–H groups in total. The van der Waals surface area contributed by atoms with Crippen LogP contribution in [-0.4, -0.2) is 59.1 Å². The number of anilines is 1. The molecule has 7 nitrogen and oxygen atoms in total. The van der Waals surface area contributed by atoms with Gasteiger partial charge in [-0.2, -0.15) is 0 Å². The molecule has 1 aliphatic rings. The molecule has 0 aliphatic carbocycles. The van der Waals surface area contributed by atoms with Crippen LogP contribution in [0.2, 0.25) is 0 Å². The predicted molar refractivity (Wildman–Crippen MR) is 95.9 cm³/mol. The quantitative estimate of drug-likeness (QED) is 0.836. The van der Waals surface area contributed by atoms with Gasteiger partial charge in [-0.25, -0.2) is 4.79 Å². The molecule has 0 aromatic carbocycles. The molecular formula is C16H24BrN3O4. The van der Waals surface area contributed by atoms with Gasteiger partial charge in [-0.05, 0) is 42.8 Å². The van der Waals surface area contributed by atoms with E-state index in [4.69, 9.17) is 4.74 Å². The van der Waals surface area contributed by atoms with Gasteiger partial charge in [0.05, 0.1) is 13.2 Å². The van der Waals surface area contributed by atoms with Crippen LogP contribution in [0, 0.1) is 0 Å². The Kier molecular flexibility index (Phi) is 5.92. The van der Waals surface area contributed by atoms with Gasteiger partial charge in [0.15, 0.2) is 0 Å². The maximum absolute atomic E-state index is 12.7. The molecule has 1 fully saturated rings. The van der Waals surface area contributed by atoms with Crippen LogP contribution in [0.1, 0.15) is 20.8 Å². The zero-order valence-corrected chi connectivity index (χ0v) is 15.9. The number of amides is 1. The number of carbonyl (C=O) groups is 1. The van der Waals surface area contributed by atoms with Gasteiger partial charge >= 0.3 is 6.09 Å². The van der Waals surface area contributed by atoms with E-state index in [9.17, 15) is 14.7 Å². The van der Waals surface area contributed by atoms with Gasteiger partial charge in [0, 0.05) is 42.4 Å². The van der Waals surface area contributed by atoms with E-state index in [1.54, 1.807) is 10.8 Å². The number of ether oxygens (including phenoxy) is 1. The number of morpholine rings is 1. The van der Waals surface area contributed by atoms with Crippen molar-refractivity contribution in [3.8, 4) is 0 Å². The second-order valence-electron chi connectivity index (χ2n) is 6.75. The van der Waals surface area contributed by atoms with Crippen LogP contribution < -0.4 is 10.5 Å². The number of pyridine rings is 1. The highest BCUT2D eigenvalue weighted by molar-refractivity contribution is 9.10. The van der Waals surface area contributed by atoms with Crippen molar-refractivity contribution in [1.29, 1.82) is 0 Å². The Hall–Kier alpha value is -1.54. The maximum atomic E-state index is 12.7. The van der Waals surface area contributed by atoms with Crippen molar-refractivity contribution in [2.24, 2.45) is 0 Å². The Morgan fingerprint density at radius 2 is 2.00 bits per heavy atom. The molecule has 1 aromatic heterocycles. The van der Waals surface area contributed by atoms with Gasteiger partial charge in [0.2, 0.25) is 0 Å². The van der Waals surface area contributed by atoms with Crippen LogP contribution in [0.4, 0.5) is 10.5 Å². The fourth-order valence-electron chi connectivity index (χ4n) is 2.71. The van der Waals surface area contributed by atoms with E-state index >= 15 is 0 Å². The minimum Gasteiger partial charge on any atom is -0.465 e. The topological polar surface area (TPSA) is 75.0 Å². The Morgan fingerprint density at radius 1 is 1.38 bits per heavy atom. The van der Waals surface area contributed by atoms with E-state index in [0.717, 1.165) is 4.47 Å². The molecule has 1 aromatic rings. The monoisotopic (exact) mass is 401 g/mol. The Bertz CT molecular complexity index is 648. The molecule has 0 atom stereocenters. The van der Waals surface area contributed by atoms with Crippen molar-refractivity contribution in [2.45, 2.75) is 32.9 Å². The fraction of sp³-hybridized carbons (Fsp3) is 0.625. The van der Waals surface area contributed by atoms with Gasteiger partial charge in [-0.3, -0.25) is 4.79 Å². The second-order valence-corrected chi connectivity index (χ2v) is 7.66. The summed E-state index contributed by atoms with van der Waals surface area (Å²) >= 11 is 3.44. The highest BCUT2D eigenvalue weighted by Crippen LogP contribution is 2.18. The molecule has 0 saturated carbocycles. The third-order valence-corrected chi connectivity index (χ3v) is 4.42. The first kappa shape index (κ1) is 18.8. The Balaban J connectivity index is 2.23. The highest BCUT2D eigenvalue weighted by Gasteiger charge is 2.26. The van der Waals surface area contributed by atoms with Crippen LogP contribution >= 0.6 is 15.9 Å². The number of carboxylic acid groups (broad SMARTS) is 1. The van der Waals surface area contributed by atoms with Gasteiger partial charge in [-0.15, -0.1) is 0 Å². The molecule has 2 rings (SSSR count). The van der Waals surface area contributed by atoms with Gasteiger partial charge in [0.25, 0.3) is 5.56 Å². The smallest absolute Gasteiger partial charge is 0.407 e. The third kappa shape index (κ3) is 4.51. The van der Waals surface area contributed by atoms with Crippen LogP contribution in [-0.2, 0) is 11.3 Å². The molecule has 0 radical (unpaired) electrons. The normalized spacial score (nSPS) is 15.4. The van der Waals surface area contributed by atoms with Gasteiger partial charge in [0.1, 0.15) is 5.69 Å². The molecule has 2 heterocycles. The summed E-state index contributed by atoms with van der Waals surface area (Å²) in [5.74, 6) is 0. The molecule has 24 heavy (non-hydrogen) atoms. The number of nitrogens with zero attached hydrogens (tertiary/aromatic N) is 3. The molecule has 134 valence electrons.